The molecule has 0 spiro atoms. The summed E-state index contributed by atoms with van der Waals surface area (Å²) in [7, 11) is 0. The quantitative estimate of drug-likeness (QED) is 0.751. The molecule has 2 N–H and O–H groups in total. The molecule has 1 aromatic heterocycles. The maximum Gasteiger partial charge on any atom is 0.126 e. The van der Waals surface area contributed by atoms with E-state index < -0.39 is 0 Å². The van der Waals surface area contributed by atoms with Gasteiger partial charge in [0.1, 0.15) is 5.82 Å². The van der Waals surface area contributed by atoms with Gasteiger partial charge >= 0.3 is 0 Å². The lowest BCUT2D eigenvalue weighted by Gasteiger charge is -2.22. The molecule has 2 rings (SSSR count). The zero-order chi connectivity index (χ0) is 13.3. The average Bonchev–Trinajstić information content (AvgIpc) is 2.47. The minimum Gasteiger partial charge on any atom is -0.396 e. The zero-order valence-electron chi connectivity index (χ0n) is 11.2. The molecule has 1 aliphatic heterocycles. The van der Waals surface area contributed by atoms with E-state index in [1.165, 1.54) is 5.56 Å². The third kappa shape index (κ3) is 5.38. The van der Waals surface area contributed by atoms with Crippen molar-refractivity contribution in [3.05, 3.63) is 23.9 Å². The molecule has 19 heavy (non-hydrogen) atoms. The van der Waals surface area contributed by atoms with Gasteiger partial charge in [-0.15, -0.1) is 0 Å². The number of hydrogen-bond donors (Lipinski definition) is 2. The lowest BCUT2D eigenvalue weighted by atomic mass is 10.0. The first-order chi connectivity index (χ1) is 9.38. The summed E-state index contributed by atoms with van der Waals surface area (Å²) < 4.78 is 5.36. The summed E-state index contributed by atoms with van der Waals surface area (Å²) in [5.74, 6) is 3.36. The standard InChI is InChI=1S/C14H22N2O2S/c17-5-8-19-11-13-1-4-15-14(9-13)16-10-12-2-6-18-7-3-12/h1,4,9,12,17H,2-3,5-8,10-11H2,(H,15,16). The summed E-state index contributed by atoms with van der Waals surface area (Å²) in [6, 6.07) is 4.13. The van der Waals surface area contributed by atoms with Gasteiger partial charge in [-0.3, -0.25) is 0 Å². The number of pyridine rings is 1. The fourth-order valence-electron chi connectivity index (χ4n) is 2.11. The van der Waals surface area contributed by atoms with Crippen LogP contribution < -0.4 is 5.32 Å². The Morgan fingerprint density at radius 3 is 3.05 bits per heavy atom. The highest BCUT2D eigenvalue weighted by atomic mass is 32.2. The molecule has 0 atom stereocenters. The SMILES string of the molecule is OCCSCc1ccnc(NCC2CCOCC2)c1. The Kier molecular flexibility index (Phi) is 6.47. The molecule has 0 amide bonds. The molecule has 4 nitrogen and oxygen atoms in total. The molecule has 0 unspecified atom stereocenters. The Labute approximate surface area is 119 Å². The molecule has 0 aliphatic carbocycles. The molecule has 0 radical (unpaired) electrons. The number of nitrogens with one attached hydrogen (secondary N) is 1. The topological polar surface area (TPSA) is 54.4 Å². The molecule has 0 bridgehead atoms. The van der Waals surface area contributed by atoms with E-state index in [1.54, 1.807) is 11.8 Å². The highest BCUT2D eigenvalue weighted by Gasteiger charge is 2.13. The summed E-state index contributed by atoms with van der Waals surface area (Å²) in [6.45, 7) is 2.99. The molecule has 106 valence electrons. The third-order valence-corrected chi connectivity index (χ3v) is 4.25. The molecule has 0 aromatic carbocycles. The van der Waals surface area contributed by atoms with Crippen molar-refractivity contribution in [3.63, 3.8) is 0 Å². The van der Waals surface area contributed by atoms with Crippen LogP contribution in [0, 0.1) is 5.92 Å². The molecule has 1 aromatic rings. The first kappa shape index (κ1) is 14.6. The van der Waals surface area contributed by atoms with Crippen molar-refractivity contribution in [2.24, 2.45) is 5.92 Å². The first-order valence-corrected chi connectivity index (χ1v) is 7.99. The van der Waals surface area contributed by atoms with E-state index in [9.17, 15) is 0 Å². The molecule has 0 saturated carbocycles. The Hall–Kier alpha value is -0.780. The number of aliphatic hydroxyl groups is 1. The molecule has 1 fully saturated rings. The Morgan fingerprint density at radius 1 is 1.42 bits per heavy atom. The summed E-state index contributed by atoms with van der Waals surface area (Å²) in [6.07, 6.45) is 4.12. The van der Waals surface area contributed by atoms with Gasteiger partial charge in [0, 0.05) is 37.5 Å². The number of hydrogen-bond acceptors (Lipinski definition) is 5. The highest BCUT2D eigenvalue weighted by molar-refractivity contribution is 7.98. The maximum absolute atomic E-state index is 8.77. The minimum absolute atomic E-state index is 0.241. The fraction of sp³-hybridized carbons (Fsp3) is 0.643. The Bertz CT molecular complexity index is 370. The van der Waals surface area contributed by atoms with Crippen LogP contribution in [0.1, 0.15) is 18.4 Å². The summed E-state index contributed by atoms with van der Waals surface area (Å²) in [5.41, 5.74) is 1.25. The summed E-state index contributed by atoms with van der Waals surface area (Å²) >= 11 is 1.74. The average molecular weight is 282 g/mol. The lowest BCUT2D eigenvalue weighted by molar-refractivity contribution is 0.0699. The van der Waals surface area contributed by atoms with Crippen molar-refractivity contribution < 1.29 is 9.84 Å². The zero-order valence-corrected chi connectivity index (χ0v) is 12.0. The van der Waals surface area contributed by atoms with E-state index in [2.05, 4.69) is 16.4 Å². The van der Waals surface area contributed by atoms with Crippen LogP contribution >= 0.6 is 11.8 Å². The summed E-state index contributed by atoms with van der Waals surface area (Å²) in [5, 5.41) is 12.2. The third-order valence-electron chi connectivity index (χ3n) is 3.24. The predicted octanol–water partition coefficient (Wildman–Crippen LogP) is 2.15. The number of aliphatic hydroxyl groups excluding tert-OH is 1. The van der Waals surface area contributed by atoms with E-state index in [0.717, 1.165) is 49.9 Å². The molecule has 1 aliphatic rings. The van der Waals surface area contributed by atoms with Gasteiger partial charge in [-0.05, 0) is 36.5 Å². The second kappa shape index (κ2) is 8.40. The van der Waals surface area contributed by atoms with Gasteiger partial charge in [-0.2, -0.15) is 11.8 Å². The van der Waals surface area contributed by atoms with Crippen molar-refractivity contribution in [1.29, 1.82) is 0 Å². The Balaban J connectivity index is 1.77. The molecule has 2 heterocycles. The van der Waals surface area contributed by atoms with Crippen LogP contribution in [0.3, 0.4) is 0 Å². The summed E-state index contributed by atoms with van der Waals surface area (Å²) in [4.78, 5) is 4.35. The van der Waals surface area contributed by atoms with Gasteiger partial charge in [-0.1, -0.05) is 0 Å². The van der Waals surface area contributed by atoms with Crippen molar-refractivity contribution in [3.8, 4) is 0 Å². The van der Waals surface area contributed by atoms with Crippen LogP contribution in [0.2, 0.25) is 0 Å². The number of anilines is 1. The van der Waals surface area contributed by atoms with Crippen molar-refractivity contribution >= 4 is 17.6 Å². The lowest BCUT2D eigenvalue weighted by Crippen LogP contribution is -2.22. The van der Waals surface area contributed by atoms with Gasteiger partial charge < -0.3 is 15.2 Å². The van der Waals surface area contributed by atoms with Gasteiger partial charge in [0.05, 0.1) is 6.61 Å². The number of aromatic nitrogens is 1. The van der Waals surface area contributed by atoms with E-state index in [0.29, 0.717) is 5.92 Å². The van der Waals surface area contributed by atoms with Crippen LogP contribution in [0.5, 0.6) is 0 Å². The van der Waals surface area contributed by atoms with Crippen LogP contribution in [-0.2, 0) is 10.5 Å². The smallest absolute Gasteiger partial charge is 0.126 e. The number of rotatable bonds is 7. The second-order valence-electron chi connectivity index (χ2n) is 4.76. The molecular formula is C14H22N2O2S. The molecule has 1 saturated heterocycles. The van der Waals surface area contributed by atoms with Crippen molar-refractivity contribution in [1.82, 2.24) is 4.98 Å². The highest BCUT2D eigenvalue weighted by Crippen LogP contribution is 2.17. The monoisotopic (exact) mass is 282 g/mol. The van der Waals surface area contributed by atoms with Gasteiger partial charge in [0.25, 0.3) is 0 Å². The first-order valence-electron chi connectivity index (χ1n) is 6.83. The van der Waals surface area contributed by atoms with Crippen molar-refractivity contribution in [2.45, 2.75) is 18.6 Å². The largest absolute Gasteiger partial charge is 0.396 e. The number of thioether (sulfide) groups is 1. The number of ether oxygens (including phenoxy) is 1. The predicted molar refractivity (Wildman–Crippen MR) is 79.5 cm³/mol. The van der Waals surface area contributed by atoms with Gasteiger partial charge in [0.15, 0.2) is 0 Å². The number of nitrogens with zero attached hydrogens (tertiary/aromatic N) is 1. The van der Waals surface area contributed by atoms with E-state index >= 15 is 0 Å². The fourth-order valence-corrected chi connectivity index (χ4v) is 2.80. The van der Waals surface area contributed by atoms with Gasteiger partial charge in [-0.25, -0.2) is 4.98 Å². The molecular weight excluding hydrogens is 260 g/mol. The van der Waals surface area contributed by atoms with Crippen LogP contribution in [-0.4, -0.2) is 42.2 Å². The molecule has 5 heteroatoms. The van der Waals surface area contributed by atoms with Gasteiger partial charge in [0.2, 0.25) is 0 Å². The maximum atomic E-state index is 8.77. The van der Waals surface area contributed by atoms with Crippen LogP contribution in [0.4, 0.5) is 5.82 Å². The normalized spacial score (nSPS) is 16.5. The second-order valence-corrected chi connectivity index (χ2v) is 5.87. The van der Waals surface area contributed by atoms with E-state index in [-0.39, 0.29) is 6.61 Å². The van der Waals surface area contributed by atoms with E-state index in [1.807, 2.05) is 12.3 Å². The van der Waals surface area contributed by atoms with E-state index in [4.69, 9.17) is 9.84 Å². The minimum atomic E-state index is 0.241. The van der Waals surface area contributed by atoms with Crippen LogP contribution in [0.15, 0.2) is 18.3 Å². The van der Waals surface area contributed by atoms with Crippen molar-refractivity contribution in [2.75, 3.05) is 37.4 Å². The Morgan fingerprint density at radius 2 is 2.26 bits per heavy atom. The van der Waals surface area contributed by atoms with Crippen LogP contribution in [0.25, 0.3) is 0 Å².